The van der Waals surface area contributed by atoms with Gasteiger partial charge in [0.25, 0.3) is 0 Å². The van der Waals surface area contributed by atoms with Crippen LogP contribution in [0.2, 0.25) is 0 Å². The molecule has 18 heavy (non-hydrogen) atoms. The molecule has 0 aromatic carbocycles. The van der Waals surface area contributed by atoms with E-state index in [0.29, 0.717) is 11.9 Å². The molecule has 2 aromatic rings. The first kappa shape index (κ1) is 11.9. The van der Waals surface area contributed by atoms with Gasteiger partial charge < -0.3 is 9.84 Å². The first-order chi connectivity index (χ1) is 8.83. The molecule has 1 N–H and O–H groups in total. The Kier molecular flexibility index (Phi) is 3.43. The van der Waals surface area contributed by atoms with E-state index in [1.54, 1.807) is 0 Å². The van der Waals surface area contributed by atoms with Crippen LogP contribution in [-0.4, -0.2) is 16.7 Å². The summed E-state index contributed by atoms with van der Waals surface area (Å²) in [6.45, 7) is 2.74. The fraction of sp³-hybridized carbons (Fsp3) is 0.538. The lowest BCUT2D eigenvalue weighted by Crippen LogP contribution is -2.24. The van der Waals surface area contributed by atoms with Crippen LogP contribution in [0.5, 0.6) is 0 Å². The summed E-state index contributed by atoms with van der Waals surface area (Å²) in [5.41, 5.74) is 0. The van der Waals surface area contributed by atoms with Crippen molar-refractivity contribution in [3.05, 3.63) is 34.1 Å². The van der Waals surface area contributed by atoms with Crippen molar-refractivity contribution in [1.29, 1.82) is 0 Å². The number of hydrogen-bond acceptors (Lipinski definition) is 5. The molecule has 1 unspecified atom stereocenters. The molecule has 5 heteroatoms. The molecule has 0 radical (unpaired) electrons. The number of thiophene rings is 1. The zero-order valence-corrected chi connectivity index (χ0v) is 11.2. The molecule has 96 valence electrons. The minimum Gasteiger partial charge on any atom is -0.339 e. The number of aryl methyl sites for hydroxylation is 1. The van der Waals surface area contributed by atoms with Gasteiger partial charge in [-0.25, -0.2) is 0 Å². The quantitative estimate of drug-likeness (QED) is 0.870. The Labute approximate surface area is 110 Å². The van der Waals surface area contributed by atoms with Gasteiger partial charge in [0.2, 0.25) is 5.89 Å². The van der Waals surface area contributed by atoms with Crippen LogP contribution in [0.3, 0.4) is 0 Å². The highest BCUT2D eigenvalue weighted by Crippen LogP contribution is 2.42. The van der Waals surface area contributed by atoms with E-state index in [1.165, 1.54) is 17.7 Å². The van der Waals surface area contributed by atoms with Crippen molar-refractivity contribution < 1.29 is 4.52 Å². The minimum atomic E-state index is 0.508. The molecule has 1 fully saturated rings. The summed E-state index contributed by atoms with van der Waals surface area (Å²) in [5, 5.41) is 9.57. The summed E-state index contributed by atoms with van der Waals surface area (Å²) < 4.78 is 5.11. The third-order valence-corrected chi connectivity index (χ3v) is 4.17. The fourth-order valence-electron chi connectivity index (χ4n) is 2.17. The van der Waals surface area contributed by atoms with Crippen LogP contribution in [0.4, 0.5) is 0 Å². The Hall–Kier alpha value is -1.20. The van der Waals surface area contributed by atoms with Gasteiger partial charge in [-0.05, 0) is 37.1 Å². The van der Waals surface area contributed by atoms with Crippen molar-refractivity contribution in [3.63, 3.8) is 0 Å². The normalized spacial score (nSPS) is 16.9. The van der Waals surface area contributed by atoms with Gasteiger partial charge in [0.15, 0.2) is 5.82 Å². The van der Waals surface area contributed by atoms with Crippen molar-refractivity contribution in [2.45, 2.75) is 32.2 Å². The first-order valence-electron chi connectivity index (χ1n) is 6.39. The summed E-state index contributed by atoms with van der Waals surface area (Å²) in [7, 11) is 0. The van der Waals surface area contributed by atoms with Gasteiger partial charge in [-0.2, -0.15) is 4.98 Å². The van der Waals surface area contributed by atoms with Gasteiger partial charge in [0, 0.05) is 23.9 Å². The third kappa shape index (κ3) is 2.79. The van der Waals surface area contributed by atoms with Gasteiger partial charge >= 0.3 is 0 Å². The van der Waals surface area contributed by atoms with Crippen molar-refractivity contribution >= 4 is 11.3 Å². The number of rotatable bonds is 6. The summed E-state index contributed by atoms with van der Waals surface area (Å²) in [6, 6.07) is 4.85. The van der Waals surface area contributed by atoms with Crippen LogP contribution in [0, 0.1) is 12.8 Å². The van der Waals surface area contributed by atoms with Crippen LogP contribution in [0.1, 0.15) is 35.5 Å². The van der Waals surface area contributed by atoms with Gasteiger partial charge in [-0.3, -0.25) is 0 Å². The monoisotopic (exact) mass is 263 g/mol. The van der Waals surface area contributed by atoms with Gasteiger partial charge in [-0.1, -0.05) is 11.2 Å². The molecule has 1 atom stereocenters. The first-order valence-corrected chi connectivity index (χ1v) is 7.27. The molecular weight excluding hydrogens is 246 g/mol. The Bertz CT molecular complexity index is 490. The second kappa shape index (κ2) is 5.20. The van der Waals surface area contributed by atoms with Crippen LogP contribution < -0.4 is 5.32 Å². The highest BCUT2D eigenvalue weighted by Gasteiger charge is 2.32. The SMILES string of the molecule is Cc1noc(CCNC(c2cccs2)C2CC2)n1. The van der Waals surface area contributed by atoms with E-state index in [1.807, 2.05) is 18.3 Å². The van der Waals surface area contributed by atoms with Gasteiger partial charge in [0.05, 0.1) is 0 Å². The van der Waals surface area contributed by atoms with E-state index in [9.17, 15) is 0 Å². The highest BCUT2D eigenvalue weighted by molar-refractivity contribution is 7.10. The predicted octanol–water partition coefficient (Wildman–Crippen LogP) is 2.72. The predicted molar refractivity (Wildman–Crippen MR) is 70.5 cm³/mol. The molecule has 0 saturated heterocycles. The largest absolute Gasteiger partial charge is 0.339 e. The molecule has 0 spiro atoms. The topological polar surface area (TPSA) is 51.0 Å². The number of nitrogens with zero attached hydrogens (tertiary/aromatic N) is 2. The molecule has 1 aliphatic rings. The van der Waals surface area contributed by atoms with Gasteiger partial charge in [0.1, 0.15) is 0 Å². The second-order valence-corrected chi connectivity index (χ2v) is 5.75. The number of nitrogens with one attached hydrogen (secondary N) is 1. The third-order valence-electron chi connectivity index (χ3n) is 3.22. The molecular formula is C13H17N3OS. The maximum Gasteiger partial charge on any atom is 0.227 e. The Morgan fingerprint density at radius 2 is 2.44 bits per heavy atom. The van der Waals surface area contributed by atoms with Crippen LogP contribution in [0.15, 0.2) is 22.0 Å². The van der Waals surface area contributed by atoms with E-state index < -0.39 is 0 Å². The van der Waals surface area contributed by atoms with Crippen LogP contribution in [0.25, 0.3) is 0 Å². The van der Waals surface area contributed by atoms with Crippen LogP contribution in [-0.2, 0) is 6.42 Å². The highest BCUT2D eigenvalue weighted by atomic mass is 32.1. The Balaban J connectivity index is 1.54. The fourth-order valence-corrected chi connectivity index (χ4v) is 3.07. The lowest BCUT2D eigenvalue weighted by molar-refractivity contribution is 0.367. The average molecular weight is 263 g/mol. The Morgan fingerprint density at radius 1 is 1.56 bits per heavy atom. The average Bonchev–Trinajstić information content (AvgIpc) is 2.88. The smallest absolute Gasteiger partial charge is 0.227 e. The van der Waals surface area contributed by atoms with Crippen molar-refractivity contribution in [2.24, 2.45) is 5.92 Å². The zero-order valence-electron chi connectivity index (χ0n) is 10.4. The minimum absolute atomic E-state index is 0.508. The molecule has 2 heterocycles. The van der Waals surface area contributed by atoms with E-state index in [-0.39, 0.29) is 0 Å². The number of hydrogen-bond donors (Lipinski definition) is 1. The molecule has 1 aliphatic carbocycles. The van der Waals surface area contributed by atoms with Gasteiger partial charge in [-0.15, -0.1) is 11.3 Å². The summed E-state index contributed by atoms with van der Waals surface area (Å²) >= 11 is 1.84. The molecule has 1 saturated carbocycles. The lowest BCUT2D eigenvalue weighted by atomic mass is 10.1. The van der Waals surface area contributed by atoms with Crippen molar-refractivity contribution in [3.8, 4) is 0 Å². The molecule has 4 nitrogen and oxygen atoms in total. The van der Waals surface area contributed by atoms with Crippen LogP contribution >= 0.6 is 11.3 Å². The van der Waals surface area contributed by atoms with Crippen molar-refractivity contribution in [2.75, 3.05) is 6.54 Å². The summed E-state index contributed by atoms with van der Waals surface area (Å²) in [5.74, 6) is 2.25. The van der Waals surface area contributed by atoms with E-state index in [4.69, 9.17) is 4.52 Å². The number of aromatic nitrogens is 2. The van der Waals surface area contributed by atoms with E-state index in [2.05, 4.69) is 33.0 Å². The summed E-state index contributed by atoms with van der Waals surface area (Å²) in [6.07, 6.45) is 3.49. The maximum absolute atomic E-state index is 5.11. The standard InChI is InChI=1S/C13H17N3OS/c1-9-15-12(17-16-9)6-7-14-13(10-4-5-10)11-3-2-8-18-11/h2-3,8,10,13-14H,4-7H2,1H3. The second-order valence-electron chi connectivity index (χ2n) is 4.77. The molecule has 2 aromatic heterocycles. The molecule has 3 rings (SSSR count). The van der Waals surface area contributed by atoms with E-state index >= 15 is 0 Å². The Morgan fingerprint density at radius 3 is 3.06 bits per heavy atom. The molecule has 0 aliphatic heterocycles. The van der Waals surface area contributed by atoms with Crippen molar-refractivity contribution in [1.82, 2.24) is 15.5 Å². The lowest BCUT2D eigenvalue weighted by Gasteiger charge is -2.16. The van der Waals surface area contributed by atoms with E-state index in [0.717, 1.165) is 24.8 Å². The zero-order chi connectivity index (χ0) is 12.4. The molecule has 0 bridgehead atoms. The molecule has 0 amide bonds. The summed E-state index contributed by atoms with van der Waals surface area (Å²) in [4.78, 5) is 5.66. The maximum atomic E-state index is 5.11.